The smallest absolute Gasteiger partial charge is 0.335 e. The number of amidine groups is 1. The number of halogens is 3. The Labute approximate surface area is 234 Å². The highest BCUT2D eigenvalue weighted by atomic mass is 127. The second-order valence-corrected chi connectivity index (χ2v) is 10.4. The van der Waals surface area contributed by atoms with Gasteiger partial charge in [0.1, 0.15) is 6.61 Å². The lowest BCUT2D eigenvalue weighted by Gasteiger charge is -2.14. The summed E-state index contributed by atoms with van der Waals surface area (Å²) in [6.07, 6.45) is 1.73. The van der Waals surface area contributed by atoms with Crippen molar-refractivity contribution in [2.45, 2.75) is 6.61 Å². The molecule has 7 nitrogen and oxygen atoms in total. The van der Waals surface area contributed by atoms with Crippen molar-refractivity contribution in [2.75, 3.05) is 7.11 Å². The fourth-order valence-corrected chi connectivity index (χ4v) is 5.19. The third-order valence-electron chi connectivity index (χ3n) is 4.91. The minimum atomic E-state index is -1.00. The van der Waals surface area contributed by atoms with E-state index in [1.165, 1.54) is 24.9 Å². The topological polar surface area (TPSA) is 97.2 Å². The van der Waals surface area contributed by atoms with Crippen LogP contribution in [0.1, 0.15) is 21.5 Å². The van der Waals surface area contributed by atoms with Crippen molar-refractivity contribution >= 4 is 86.4 Å². The summed E-state index contributed by atoms with van der Waals surface area (Å²) in [5, 5.41) is 13.0. The average Bonchev–Trinajstić information content (AvgIpc) is 3.19. The molecule has 3 aromatic rings. The van der Waals surface area contributed by atoms with E-state index >= 15 is 0 Å². The van der Waals surface area contributed by atoms with Gasteiger partial charge in [-0.2, -0.15) is 0 Å². The molecular formula is C25H17Cl2IN2O5S. The van der Waals surface area contributed by atoms with E-state index in [2.05, 4.69) is 32.9 Å². The molecule has 184 valence electrons. The number of methoxy groups -OCH3 is 1. The first kappa shape index (κ1) is 26.3. The molecule has 1 saturated heterocycles. The molecule has 0 spiro atoms. The van der Waals surface area contributed by atoms with E-state index in [1.54, 1.807) is 48.5 Å². The number of nitrogens with one attached hydrogen (secondary N) is 1. The number of hydrogen-bond donors (Lipinski definition) is 2. The van der Waals surface area contributed by atoms with Gasteiger partial charge >= 0.3 is 5.97 Å². The predicted molar refractivity (Wildman–Crippen MR) is 151 cm³/mol. The van der Waals surface area contributed by atoms with Crippen molar-refractivity contribution in [3.63, 3.8) is 0 Å². The third-order valence-corrected chi connectivity index (χ3v) is 7.43. The highest BCUT2D eigenvalue weighted by Gasteiger charge is 2.25. The number of carbonyl (C=O) groups is 2. The summed E-state index contributed by atoms with van der Waals surface area (Å²) >= 11 is 15.6. The molecule has 4 rings (SSSR count). The molecule has 0 radical (unpaired) electrons. The molecule has 0 saturated carbocycles. The van der Waals surface area contributed by atoms with Crippen LogP contribution in [0.25, 0.3) is 6.08 Å². The number of ether oxygens (including phenoxy) is 2. The molecule has 0 aromatic heterocycles. The van der Waals surface area contributed by atoms with Gasteiger partial charge < -0.3 is 19.9 Å². The molecular weight excluding hydrogens is 638 g/mol. The Bertz CT molecular complexity index is 1430. The Morgan fingerprint density at radius 1 is 1.19 bits per heavy atom. The molecule has 3 aromatic carbocycles. The van der Waals surface area contributed by atoms with Crippen LogP contribution in [-0.4, -0.2) is 29.3 Å². The normalized spacial score (nSPS) is 15.3. The molecule has 1 fully saturated rings. The molecule has 11 heteroatoms. The molecule has 1 aliphatic heterocycles. The number of carboxylic acids is 1. The first-order chi connectivity index (χ1) is 17.2. The number of carbonyl (C=O) groups excluding carboxylic acids is 1. The predicted octanol–water partition coefficient (Wildman–Crippen LogP) is 6.78. The minimum Gasteiger partial charge on any atom is -0.493 e. The Morgan fingerprint density at radius 3 is 2.72 bits per heavy atom. The zero-order valence-electron chi connectivity index (χ0n) is 18.6. The summed E-state index contributed by atoms with van der Waals surface area (Å²) in [7, 11) is 1.52. The molecule has 36 heavy (non-hydrogen) atoms. The third kappa shape index (κ3) is 6.15. The summed E-state index contributed by atoms with van der Waals surface area (Å²) < 4.78 is 12.2. The van der Waals surface area contributed by atoms with Crippen LogP contribution in [0.2, 0.25) is 10.0 Å². The fraction of sp³-hybridized carbons (Fsp3) is 0.0800. The number of amides is 1. The molecule has 1 amide bonds. The van der Waals surface area contributed by atoms with Gasteiger partial charge in [-0.15, -0.1) is 0 Å². The number of thioether (sulfide) groups is 1. The van der Waals surface area contributed by atoms with Crippen molar-refractivity contribution in [1.82, 2.24) is 5.32 Å². The highest BCUT2D eigenvalue weighted by molar-refractivity contribution is 14.1. The molecule has 0 aliphatic carbocycles. The van der Waals surface area contributed by atoms with Crippen LogP contribution >= 0.6 is 57.6 Å². The molecule has 0 atom stereocenters. The molecule has 0 unspecified atom stereocenters. The number of hydrogen-bond acceptors (Lipinski definition) is 6. The zero-order chi connectivity index (χ0) is 25.8. The van der Waals surface area contributed by atoms with Gasteiger partial charge in [-0.1, -0.05) is 41.4 Å². The quantitative estimate of drug-likeness (QED) is 0.216. The van der Waals surface area contributed by atoms with Crippen LogP contribution in [0.3, 0.4) is 0 Å². The Morgan fingerprint density at radius 2 is 1.97 bits per heavy atom. The van der Waals surface area contributed by atoms with Crippen LogP contribution in [-0.2, 0) is 11.4 Å². The van der Waals surface area contributed by atoms with Crippen molar-refractivity contribution in [3.05, 3.63) is 89.8 Å². The number of aliphatic imine (C=N–C) groups is 1. The lowest BCUT2D eigenvalue weighted by Crippen LogP contribution is -2.19. The molecule has 2 N–H and O–H groups in total. The largest absolute Gasteiger partial charge is 0.493 e. The Kier molecular flexibility index (Phi) is 8.45. The van der Waals surface area contributed by atoms with Crippen LogP contribution in [0, 0.1) is 3.57 Å². The van der Waals surface area contributed by atoms with E-state index in [0.29, 0.717) is 42.9 Å². The first-order valence-corrected chi connectivity index (χ1v) is 13.0. The van der Waals surface area contributed by atoms with Gasteiger partial charge in [-0.05, 0) is 88.0 Å². The lowest BCUT2D eigenvalue weighted by atomic mass is 10.1. The molecule has 0 bridgehead atoms. The first-order valence-electron chi connectivity index (χ1n) is 10.3. The number of nitrogens with zero attached hydrogens (tertiary/aromatic N) is 1. The van der Waals surface area contributed by atoms with E-state index in [-0.39, 0.29) is 18.1 Å². The highest BCUT2D eigenvalue weighted by Crippen LogP contribution is 2.37. The maximum absolute atomic E-state index is 12.5. The monoisotopic (exact) mass is 654 g/mol. The molecule has 1 heterocycles. The second kappa shape index (κ2) is 11.5. The van der Waals surface area contributed by atoms with Crippen molar-refractivity contribution in [2.24, 2.45) is 4.99 Å². The van der Waals surface area contributed by atoms with E-state index in [9.17, 15) is 14.7 Å². The Balaban J connectivity index is 1.54. The van der Waals surface area contributed by atoms with Gasteiger partial charge in [0.15, 0.2) is 16.7 Å². The second-order valence-electron chi connectivity index (χ2n) is 7.38. The van der Waals surface area contributed by atoms with Crippen molar-refractivity contribution in [1.29, 1.82) is 0 Å². The SMILES string of the molecule is COc1cc(/C=C2/SC(=Nc3cccc(Cl)c3Cl)NC2=O)cc(I)c1OCc1cccc(C(=O)O)c1. The molecule has 1 aliphatic rings. The van der Waals surface area contributed by atoms with Crippen LogP contribution in [0.15, 0.2) is 64.5 Å². The van der Waals surface area contributed by atoms with E-state index < -0.39 is 5.97 Å². The Hall–Kier alpha value is -2.73. The fourth-order valence-electron chi connectivity index (χ4n) is 3.23. The number of benzene rings is 3. The number of rotatable bonds is 7. The van der Waals surface area contributed by atoms with Crippen molar-refractivity contribution < 1.29 is 24.2 Å². The summed E-state index contributed by atoms with van der Waals surface area (Å²) in [6.45, 7) is 0.165. The minimum absolute atomic E-state index is 0.165. The van der Waals surface area contributed by atoms with Gasteiger partial charge in [0.05, 0.1) is 36.9 Å². The van der Waals surface area contributed by atoms with Gasteiger partial charge in [0.25, 0.3) is 5.91 Å². The maximum Gasteiger partial charge on any atom is 0.335 e. The van der Waals surface area contributed by atoms with Gasteiger partial charge in [0.2, 0.25) is 0 Å². The van der Waals surface area contributed by atoms with Crippen LogP contribution in [0.5, 0.6) is 11.5 Å². The summed E-state index contributed by atoms with van der Waals surface area (Å²) in [5.74, 6) is -0.294. The van der Waals surface area contributed by atoms with E-state index in [4.69, 9.17) is 32.7 Å². The van der Waals surface area contributed by atoms with Gasteiger partial charge in [-0.3, -0.25) is 4.79 Å². The van der Waals surface area contributed by atoms with Crippen LogP contribution in [0.4, 0.5) is 5.69 Å². The lowest BCUT2D eigenvalue weighted by molar-refractivity contribution is -0.115. The van der Waals surface area contributed by atoms with Gasteiger partial charge in [0, 0.05) is 0 Å². The van der Waals surface area contributed by atoms with Crippen LogP contribution < -0.4 is 14.8 Å². The zero-order valence-corrected chi connectivity index (χ0v) is 23.0. The standard InChI is InChI=1S/C25H17Cl2IN2O5S/c1-34-19-10-14(9-17(28)22(19)35-12-13-4-2-5-15(8-13)24(32)33)11-20-23(31)30-25(36-20)29-18-7-3-6-16(26)21(18)27/h2-11H,12H2,1H3,(H,32,33)(H,29,30,31)/b20-11+. The van der Waals surface area contributed by atoms with Crippen molar-refractivity contribution in [3.8, 4) is 11.5 Å². The average molecular weight is 655 g/mol. The number of aromatic carboxylic acids is 1. The van der Waals surface area contributed by atoms with E-state index in [1.807, 2.05) is 6.07 Å². The van der Waals surface area contributed by atoms with E-state index in [0.717, 1.165) is 9.13 Å². The summed E-state index contributed by atoms with van der Waals surface area (Å²) in [5.41, 5.74) is 2.09. The maximum atomic E-state index is 12.5. The number of carboxylic acid groups (broad SMARTS) is 1. The van der Waals surface area contributed by atoms with Gasteiger partial charge in [-0.25, -0.2) is 9.79 Å². The summed E-state index contributed by atoms with van der Waals surface area (Å²) in [6, 6.07) is 15.3. The summed E-state index contributed by atoms with van der Waals surface area (Å²) in [4.78, 5) is 28.6.